The van der Waals surface area contributed by atoms with Crippen LogP contribution in [0.4, 0.5) is 0 Å². The van der Waals surface area contributed by atoms with Gasteiger partial charge in [0.1, 0.15) is 11.5 Å². The second-order valence-corrected chi connectivity index (χ2v) is 14.8. The molecule has 2 heterocycles. The molecule has 1 aromatic rings. The highest BCUT2D eigenvalue weighted by atomic mass is 16.7. The Morgan fingerprint density at radius 1 is 0.508 bits per heavy atom. The summed E-state index contributed by atoms with van der Waals surface area (Å²) in [6.07, 6.45) is 6.25. The predicted molar refractivity (Wildman–Crippen MR) is 218 cm³/mol. The van der Waals surface area contributed by atoms with Gasteiger partial charge in [-0.3, -0.25) is 19.2 Å². The molecule has 2 aliphatic rings. The Morgan fingerprint density at radius 3 is 1.39 bits per heavy atom. The van der Waals surface area contributed by atoms with Gasteiger partial charge in [0, 0.05) is 38.0 Å². The van der Waals surface area contributed by atoms with Crippen LogP contribution in [0.3, 0.4) is 0 Å². The minimum Gasteiger partial charge on any atom is -0.494 e. The molecule has 59 heavy (non-hydrogen) atoms. The van der Waals surface area contributed by atoms with E-state index in [9.17, 15) is 19.2 Å². The number of rotatable bonds is 36. The van der Waals surface area contributed by atoms with Gasteiger partial charge in [0.15, 0.2) is 0 Å². The molecule has 0 aliphatic carbocycles. The van der Waals surface area contributed by atoms with Gasteiger partial charge in [0.2, 0.25) is 5.91 Å². The topological polar surface area (TPSA) is 173 Å². The van der Waals surface area contributed by atoms with Gasteiger partial charge in [-0.15, -0.1) is 0 Å². The third-order valence-electron chi connectivity index (χ3n) is 9.64. The summed E-state index contributed by atoms with van der Waals surface area (Å²) in [6, 6.07) is 7.84. The van der Waals surface area contributed by atoms with Gasteiger partial charge in [-0.25, -0.2) is 4.90 Å². The van der Waals surface area contributed by atoms with E-state index in [-0.39, 0.29) is 30.5 Å². The smallest absolute Gasteiger partial charge is 0.494 e. The second-order valence-electron chi connectivity index (χ2n) is 14.8. The molecule has 0 radical (unpaired) electrons. The van der Waals surface area contributed by atoms with E-state index < -0.39 is 17.7 Å². The fraction of sp³-hybridized carbons (Fsp3) is 0.714. The molecule has 0 aromatic heterocycles. The Morgan fingerprint density at radius 2 is 0.932 bits per heavy atom. The van der Waals surface area contributed by atoms with Gasteiger partial charge < -0.3 is 51.9 Å². The molecular formula is C42H66BNO15. The number of Topliss-reactive ketones (excluding diaryl/α,β-unsaturated/α-hetero) is 1. The first kappa shape index (κ1) is 50.3. The molecule has 17 heteroatoms. The number of ether oxygens (including phenoxy) is 9. The summed E-state index contributed by atoms with van der Waals surface area (Å²) in [5, 5.41) is 0. The van der Waals surface area contributed by atoms with Crippen LogP contribution in [0.5, 0.6) is 5.75 Å². The highest BCUT2D eigenvalue weighted by Crippen LogP contribution is 2.36. The molecular weight excluding hydrogens is 769 g/mol. The van der Waals surface area contributed by atoms with Crippen molar-refractivity contribution in [3.63, 3.8) is 0 Å². The maximum Gasteiger partial charge on any atom is 0.494 e. The van der Waals surface area contributed by atoms with E-state index in [4.69, 9.17) is 51.9 Å². The number of imide groups is 3. The molecule has 332 valence electrons. The standard InChI is InChI=1S/C42H66BNO15/c1-41(2)42(3,4)59-43(58-41)35-11-13-37(14-12-35)57-19-7-5-6-9-36(45)17-20-50-22-24-52-26-28-54-30-32-56-34-33-55-31-29-53-27-25-51-23-21-49-18-8-10-38(46)44-39(47)15-16-40(44)48/h11-16H,5-10,17-34H2,1-4H3. The molecule has 2 aliphatic heterocycles. The lowest BCUT2D eigenvalue weighted by Crippen LogP contribution is -2.41. The van der Waals surface area contributed by atoms with Gasteiger partial charge in [0.05, 0.1) is 117 Å². The first-order chi connectivity index (χ1) is 28.5. The second kappa shape index (κ2) is 29.2. The first-order valence-corrected chi connectivity index (χ1v) is 20.8. The average molecular weight is 836 g/mol. The Hall–Kier alpha value is -3.10. The summed E-state index contributed by atoms with van der Waals surface area (Å²) in [4.78, 5) is 47.6. The highest BCUT2D eigenvalue weighted by molar-refractivity contribution is 6.62. The van der Waals surface area contributed by atoms with E-state index in [2.05, 4.69) is 0 Å². The molecule has 3 rings (SSSR count). The Balaban J connectivity index is 0.952. The molecule has 0 spiro atoms. The largest absolute Gasteiger partial charge is 0.494 e. The SMILES string of the molecule is CC1(C)OB(c2ccc(OCCCCCC(=O)CCOCCOCCOCCOCCOCCOCCOCCOCCCC(=O)N3C(=O)C=CC3=O)cc2)OC1(C)C. The molecule has 1 saturated heterocycles. The minimum atomic E-state index is -0.600. The quantitative estimate of drug-likeness (QED) is 0.0548. The number of benzene rings is 1. The molecule has 0 atom stereocenters. The maximum absolute atomic E-state index is 12.2. The maximum atomic E-state index is 12.2. The van der Waals surface area contributed by atoms with Crippen molar-refractivity contribution in [2.75, 3.05) is 112 Å². The molecule has 16 nitrogen and oxygen atoms in total. The molecule has 0 unspecified atom stereocenters. The molecule has 0 saturated carbocycles. The average Bonchev–Trinajstić information content (AvgIpc) is 3.66. The number of hydrogen-bond acceptors (Lipinski definition) is 15. The summed E-state index contributed by atoms with van der Waals surface area (Å²) < 4.78 is 61.9. The normalized spacial score (nSPS) is 15.8. The highest BCUT2D eigenvalue weighted by Gasteiger charge is 2.51. The van der Waals surface area contributed by atoms with Crippen LogP contribution < -0.4 is 10.2 Å². The van der Waals surface area contributed by atoms with Crippen molar-refractivity contribution in [1.29, 1.82) is 0 Å². The summed E-state index contributed by atoms with van der Waals surface area (Å²) in [6.45, 7) is 15.6. The van der Waals surface area contributed by atoms with Crippen LogP contribution in [-0.2, 0) is 66.4 Å². The van der Waals surface area contributed by atoms with Crippen molar-refractivity contribution >= 4 is 36.1 Å². The van der Waals surface area contributed by atoms with Crippen LogP contribution in [-0.4, -0.2) is 159 Å². The predicted octanol–water partition coefficient (Wildman–Crippen LogP) is 3.25. The first-order valence-electron chi connectivity index (χ1n) is 20.8. The van der Waals surface area contributed by atoms with E-state index in [1.54, 1.807) is 0 Å². The minimum absolute atomic E-state index is 0.0590. The lowest BCUT2D eigenvalue weighted by atomic mass is 9.79. The lowest BCUT2D eigenvalue weighted by molar-refractivity contribution is -0.148. The van der Waals surface area contributed by atoms with Crippen molar-refractivity contribution in [3.8, 4) is 5.75 Å². The van der Waals surface area contributed by atoms with E-state index in [0.29, 0.717) is 136 Å². The summed E-state index contributed by atoms with van der Waals surface area (Å²) >= 11 is 0. The van der Waals surface area contributed by atoms with E-state index >= 15 is 0 Å². The third-order valence-corrected chi connectivity index (χ3v) is 9.64. The zero-order valence-electron chi connectivity index (χ0n) is 35.6. The van der Waals surface area contributed by atoms with Crippen LogP contribution in [0.15, 0.2) is 36.4 Å². The zero-order chi connectivity index (χ0) is 42.6. The number of carbonyl (C=O) groups is 4. The third kappa shape index (κ3) is 20.8. The van der Waals surface area contributed by atoms with Gasteiger partial charge in [-0.05, 0) is 71.0 Å². The lowest BCUT2D eigenvalue weighted by Gasteiger charge is -2.32. The number of ketones is 1. The zero-order valence-corrected chi connectivity index (χ0v) is 35.6. The fourth-order valence-electron chi connectivity index (χ4n) is 5.53. The molecule has 0 bridgehead atoms. The van der Waals surface area contributed by atoms with Crippen LogP contribution in [0, 0.1) is 0 Å². The molecule has 1 aromatic carbocycles. The molecule has 1 fully saturated rings. The Bertz CT molecular complexity index is 1360. The number of amides is 3. The van der Waals surface area contributed by atoms with Crippen LogP contribution >= 0.6 is 0 Å². The van der Waals surface area contributed by atoms with Gasteiger partial charge in [0.25, 0.3) is 11.8 Å². The number of nitrogens with zero attached hydrogens (tertiary/aromatic N) is 1. The number of hydrogen-bond donors (Lipinski definition) is 0. The fourth-order valence-corrected chi connectivity index (χ4v) is 5.53. The van der Waals surface area contributed by atoms with E-state index in [1.165, 1.54) is 0 Å². The van der Waals surface area contributed by atoms with Crippen LogP contribution in [0.2, 0.25) is 0 Å². The summed E-state index contributed by atoms with van der Waals surface area (Å²) in [7, 11) is -0.385. The van der Waals surface area contributed by atoms with Crippen molar-refractivity contribution in [3.05, 3.63) is 36.4 Å². The van der Waals surface area contributed by atoms with Crippen molar-refractivity contribution in [2.45, 2.75) is 83.8 Å². The van der Waals surface area contributed by atoms with Gasteiger partial charge in [-0.1, -0.05) is 12.1 Å². The molecule has 0 N–H and O–H groups in total. The Labute approximate surface area is 349 Å². The van der Waals surface area contributed by atoms with E-state index in [1.807, 2.05) is 52.0 Å². The Kier molecular flexibility index (Phi) is 24.9. The van der Waals surface area contributed by atoms with Gasteiger partial charge >= 0.3 is 7.12 Å². The van der Waals surface area contributed by atoms with Crippen molar-refractivity contribution < 1.29 is 71.1 Å². The van der Waals surface area contributed by atoms with Crippen molar-refractivity contribution in [1.82, 2.24) is 4.90 Å². The van der Waals surface area contributed by atoms with Crippen LogP contribution in [0.1, 0.15) is 72.6 Å². The summed E-state index contributed by atoms with van der Waals surface area (Å²) in [5.41, 5.74) is 0.228. The monoisotopic (exact) mass is 835 g/mol. The van der Waals surface area contributed by atoms with Crippen molar-refractivity contribution in [2.24, 2.45) is 0 Å². The number of unbranched alkanes of at least 4 members (excludes halogenated alkanes) is 2. The molecule has 3 amide bonds. The number of carbonyl (C=O) groups excluding carboxylic acids is 4. The van der Waals surface area contributed by atoms with Crippen LogP contribution in [0.25, 0.3) is 0 Å². The summed E-state index contributed by atoms with van der Waals surface area (Å²) in [5.74, 6) is -0.708. The van der Waals surface area contributed by atoms with Gasteiger partial charge in [-0.2, -0.15) is 0 Å². The van der Waals surface area contributed by atoms with E-state index in [0.717, 1.165) is 42.6 Å².